The first-order chi connectivity index (χ1) is 14.1. The highest BCUT2D eigenvalue weighted by atomic mass is 35.5. The van der Waals surface area contributed by atoms with E-state index in [1.807, 2.05) is 6.07 Å². The second kappa shape index (κ2) is 10.1. The van der Waals surface area contributed by atoms with E-state index in [4.69, 9.17) is 16.3 Å². The first-order valence-electron chi connectivity index (χ1n) is 8.97. The van der Waals surface area contributed by atoms with Crippen molar-refractivity contribution < 1.29 is 9.53 Å². The number of para-hydroxylation sites is 1. The molecule has 0 atom stereocenters. The molecule has 0 aliphatic carbocycles. The van der Waals surface area contributed by atoms with Gasteiger partial charge in [0.15, 0.2) is 5.16 Å². The van der Waals surface area contributed by atoms with E-state index in [1.54, 1.807) is 48.5 Å². The maximum atomic E-state index is 12.7. The molecule has 1 aromatic heterocycles. The summed E-state index contributed by atoms with van der Waals surface area (Å²) in [4.78, 5) is 29.4. The van der Waals surface area contributed by atoms with E-state index < -0.39 is 0 Å². The van der Waals surface area contributed by atoms with Gasteiger partial charge in [0.25, 0.3) is 5.56 Å². The zero-order valence-electron chi connectivity index (χ0n) is 15.6. The van der Waals surface area contributed by atoms with E-state index in [2.05, 4.69) is 16.9 Å². The minimum atomic E-state index is -0.165. The number of hydrogen-bond acceptors (Lipinski definition) is 5. The molecule has 0 saturated carbocycles. The summed E-state index contributed by atoms with van der Waals surface area (Å²) >= 11 is 7.04. The van der Waals surface area contributed by atoms with Gasteiger partial charge in [0.1, 0.15) is 12.4 Å². The Hall–Kier alpha value is -2.77. The number of benzene rings is 2. The van der Waals surface area contributed by atoms with Crippen molar-refractivity contribution in [3.8, 4) is 5.75 Å². The van der Waals surface area contributed by atoms with Gasteiger partial charge in [-0.1, -0.05) is 41.6 Å². The molecule has 0 unspecified atom stereocenters. The average Bonchev–Trinajstić information content (AvgIpc) is 2.73. The van der Waals surface area contributed by atoms with Crippen LogP contribution in [0.3, 0.4) is 0 Å². The molecule has 2 aromatic carbocycles. The smallest absolute Gasteiger partial charge is 0.262 e. The fraction of sp³-hybridized carbons (Fsp3) is 0.190. The summed E-state index contributed by atoms with van der Waals surface area (Å²) in [5, 5.41) is 4.46. The van der Waals surface area contributed by atoms with Gasteiger partial charge in [-0.2, -0.15) is 0 Å². The van der Waals surface area contributed by atoms with E-state index in [-0.39, 0.29) is 17.2 Å². The third kappa shape index (κ3) is 5.62. The summed E-state index contributed by atoms with van der Waals surface area (Å²) in [5.41, 5.74) is 0.465. The number of hydrogen-bond donors (Lipinski definition) is 1. The van der Waals surface area contributed by atoms with Gasteiger partial charge in [0, 0.05) is 11.6 Å². The third-order valence-corrected chi connectivity index (χ3v) is 5.21. The maximum absolute atomic E-state index is 12.7. The monoisotopic (exact) mass is 429 g/mol. The molecule has 0 aliphatic heterocycles. The Morgan fingerprint density at radius 3 is 2.76 bits per heavy atom. The van der Waals surface area contributed by atoms with Gasteiger partial charge in [-0.3, -0.25) is 14.2 Å². The lowest BCUT2D eigenvalue weighted by Crippen LogP contribution is -2.30. The normalized spacial score (nSPS) is 10.7. The van der Waals surface area contributed by atoms with Crippen LogP contribution in [0.5, 0.6) is 5.75 Å². The number of allylic oxidation sites excluding steroid dienone is 1. The molecule has 3 aromatic rings. The van der Waals surface area contributed by atoms with Gasteiger partial charge < -0.3 is 10.1 Å². The van der Waals surface area contributed by atoms with Gasteiger partial charge >= 0.3 is 0 Å². The molecule has 0 fully saturated rings. The average molecular weight is 430 g/mol. The summed E-state index contributed by atoms with van der Waals surface area (Å²) in [6.45, 7) is 4.73. The van der Waals surface area contributed by atoms with Crippen molar-refractivity contribution in [2.45, 2.75) is 11.7 Å². The van der Waals surface area contributed by atoms with E-state index in [0.717, 1.165) is 0 Å². The number of carbonyl (C=O) groups is 1. The molecule has 0 radical (unpaired) electrons. The Bertz CT molecular complexity index is 1070. The van der Waals surface area contributed by atoms with Crippen molar-refractivity contribution in [2.75, 3.05) is 18.9 Å². The highest BCUT2D eigenvalue weighted by Crippen LogP contribution is 2.18. The number of nitrogens with one attached hydrogen (secondary N) is 1. The van der Waals surface area contributed by atoms with Crippen LogP contribution in [0.1, 0.15) is 0 Å². The molecule has 1 amide bonds. The number of halogens is 1. The summed E-state index contributed by atoms with van der Waals surface area (Å²) < 4.78 is 7.06. The number of aromatic nitrogens is 2. The molecule has 1 N–H and O–H groups in total. The Morgan fingerprint density at radius 1 is 1.24 bits per heavy atom. The van der Waals surface area contributed by atoms with E-state index in [0.29, 0.717) is 46.5 Å². The van der Waals surface area contributed by atoms with Crippen LogP contribution in [0.25, 0.3) is 10.9 Å². The fourth-order valence-electron chi connectivity index (χ4n) is 2.62. The van der Waals surface area contributed by atoms with Crippen molar-refractivity contribution in [2.24, 2.45) is 0 Å². The van der Waals surface area contributed by atoms with Crippen LogP contribution >= 0.6 is 23.4 Å². The predicted molar refractivity (Wildman–Crippen MR) is 117 cm³/mol. The Kier molecular flexibility index (Phi) is 7.32. The van der Waals surface area contributed by atoms with Crippen molar-refractivity contribution in [3.63, 3.8) is 0 Å². The fourth-order valence-corrected chi connectivity index (χ4v) is 3.58. The van der Waals surface area contributed by atoms with Crippen LogP contribution in [-0.4, -0.2) is 34.4 Å². The molecule has 8 heteroatoms. The number of thioether (sulfide) groups is 1. The van der Waals surface area contributed by atoms with E-state index in [1.165, 1.54) is 16.3 Å². The van der Waals surface area contributed by atoms with Crippen LogP contribution in [0.4, 0.5) is 0 Å². The van der Waals surface area contributed by atoms with E-state index >= 15 is 0 Å². The molecule has 0 saturated heterocycles. The second-order valence-electron chi connectivity index (χ2n) is 6.06. The molecule has 6 nitrogen and oxygen atoms in total. The number of nitrogens with zero attached hydrogens (tertiary/aromatic N) is 2. The van der Waals surface area contributed by atoms with Crippen LogP contribution in [0.15, 0.2) is 71.1 Å². The number of fused-ring (bicyclic) bond motifs is 1. The molecule has 3 rings (SSSR count). The van der Waals surface area contributed by atoms with Gasteiger partial charge in [-0.25, -0.2) is 4.98 Å². The summed E-state index contributed by atoms with van der Waals surface area (Å²) in [6.07, 6.45) is 1.64. The lowest BCUT2D eigenvalue weighted by atomic mass is 10.2. The van der Waals surface area contributed by atoms with E-state index in [9.17, 15) is 9.59 Å². The quantitative estimate of drug-likeness (QED) is 0.244. The maximum Gasteiger partial charge on any atom is 0.262 e. The molecule has 150 valence electrons. The second-order valence-corrected chi connectivity index (χ2v) is 7.44. The number of carbonyl (C=O) groups excluding carboxylic acids is 1. The van der Waals surface area contributed by atoms with Crippen LogP contribution in [-0.2, 0) is 11.3 Å². The van der Waals surface area contributed by atoms with Gasteiger partial charge in [-0.15, -0.1) is 6.58 Å². The SMILES string of the molecule is C=CCn1c(SCC(=O)NCCOc2ccc(Cl)cc2)nc2ccccc2c1=O. The highest BCUT2D eigenvalue weighted by molar-refractivity contribution is 7.99. The van der Waals surface area contributed by atoms with Gasteiger partial charge in [0.2, 0.25) is 5.91 Å². The van der Waals surface area contributed by atoms with Crippen molar-refractivity contribution in [3.05, 3.63) is 76.6 Å². The van der Waals surface area contributed by atoms with Crippen molar-refractivity contribution in [1.82, 2.24) is 14.9 Å². The Morgan fingerprint density at radius 2 is 2.00 bits per heavy atom. The standard InChI is InChI=1S/C21H20ClN3O3S/c1-2-12-25-20(27)17-5-3-4-6-18(17)24-21(25)29-14-19(26)23-11-13-28-16-9-7-15(22)8-10-16/h2-10H,1,11-14H2,(H,23,26). The Labute approximate surface area is 177 Å². The zero-order valence-corrected chi connectivity index (χ0v) is 17.2. The minimum Gasteiger partial charge on any atom is -0.492 e. The van der Waals surface area contributed by atoms with Crippen LogP contribution < -0.4 is 15.6 Å². The molecule has 0 spiro atoms. The summed E-state index contributed by atoms with van der Waals surface area (Å²) in [5.74, 6) is 0.664. The summed E-state index contributed by atoms with van der Waals surface area (Å²) in [7, 11) is 0. The Balaban J connectivity index is 1.56. The predicted octanol–water partition coefficient (Wildman–Crippen LogP) is 3.52. The molecule has 1 heterocycles. The van der Waals surface area contributed by atoms with Crippen molar-refractivity contribution in [1.29, 1.82) is 0 Å². The van der Waals surface area contributed by atoms with Gasteiger partial charge in [-0.05, 0) is 36.4 Å². The number of rotatable bonds is 9. The lowest BCUT2D eigenvalue weighted by Gasteiger charge is -2.11. The molecule has 0 bridgehead atoms. The minimum absolute atomic E-state index is 0.142. The first kappa shape index (κ1) is 21.0. The topological polar surface area (TPSA) is 73.2 Å². The molecule has 29 heavy (non-hydrogen) atoms. The molecule has 0 aliphatic rings. The first-order valence-corrected chi connectivity index (χ1v) is 10.3. The lowest BCUT2D eigenvalue weighted by molar-refractivity contribution is -0.118. The molecular formula is C21H20ClN3O3S. The van der Waals surface area contributed by atoms with Gasteiger partial charge in [0.05, 0.1) is 23.2 Å². The van der Waals surface area contributed by atoms with Crippen molar-refractivity contribution >= 4 is 40.2 Å². The number of amides is 1. The highest BCUT2D eigenvalue weighted by Gasteiger charge is 2.12. The van der Waals surface area contributed by atoms with Crippen LogP contribution in [0, 0.1) is 0 Å². The van der Waals surface area contributed by atoms with Crippen LogP contribution in [0.2, 0.25) is 5.02 Å². The number of ether oxygens (including phenoxy) is 1. The molecular weight excluding hydrogens is 410 g/mol. The zero-order chi connectivity index (χ0) is 20.6. The third-order valence-electron chi connectivity index (χ3n) is 3.98. The largest absolute Gasteiger partial charge is 0.492 e. The summed E-state index contributed by atoms with van der Waals surface area (Å²) in [6, 6.07) is 14.2.